The number of ether oxygens (including phenoxy) is 1. The van der Waals surface area contributed by atoms with Crippen molar-refractivity contribution in [2.75, 3.05) is 0 Å². The van der Waals surface area contributed by atoms with Gasteiger partial charge in [-0.2, -0.15) is 0 Å². The van der Waals surface area contributed by atoms with Gasteiger partial charge >= 0.3 is 5.97 Å². The molecular weight excluding hydrogens is 152 g/mol. The maximum absolute atomic E-state index is 11.5. The Morgan fingerprint density at radius 3 is 2.92 bits per heavy atom. The Balaban J connectivity index is 2.09. The third kappa shape index (κ3) is 0.511. The van der Waals surface area contributed by atoms with Crippen molar-refractivity contribution in [1.82, 2.24) is 0 Å². The number of hydrogen-bond donors (Lipinski definition) is 0. The zero-order valence-electron chi connectivity index (χ0n) is 7.54. The van der Waals surface area contributed by atoms with Gasteiger partial charge in [0.1, 0.15) is 6.10 Å². The lowest BCUT2D eigenvalue weighted by Crippen LogP contribution is -2.31. The molecule has 0 spiro atoms. The summed E-state index contributed by atoms with van der Waals surface area (Å²) in [6.45, 7) is 4.32. The Kier molecular flexibility index (Phi) is 0.984. The number of carbonyl (C=O) groups is 1. The monoisotopic (exact) mass is 166 g/mol. The Morgan fingerprint density at radius 2 is 2.33 bits per heavy atom. The van der Waals surface area contributed by atoms with E-state index in [0.717, 1.165) is 12.3 Å². The zero-order chi connectivity index (χ0) is 8.51. The van der Waals surface area contributed by atoms with Crippen LogP contribution in [0.2, 0.25) is 0 Å². The van der Waals surface area contributed by atoms with Gasteiger partial charge in [-0.15, -0.1) is 0 Å². The van der Waals surface area contributed by atoms with Gasteiger partial charge in [-0.3, -0.25) is 4.79 Å². The van der Waals surface area contributed by atoms with Crippen molar-refractivity contribution in [2.45, 2.75) is 32.8 Å². The molecule has 0 amide bonds. The van der Waals surface area contributed by atoms with Crippen molar-refractivity contribution in [3.8, 4) is 0 Å². The SMILES string of the molecule is C[C@H]1C2CC3C1OC(=O)[C@@]3(C)C2. The lowest BCUT2D eigenvalue weighted by molar-refractivity contribution is -0.147. The summed E-state index contributed by atoms with van der Waals surface area (Å²) >= 11 is 0. The fourth-order valence-electron chi connectivity index (χ4n) is 3.58. The summed E-state index contributed by atoms with van der Waals surface area (Å²) in [4.78, 5) is 11.5. The second-order valence-corrected chi connectivity index (χ2v) is 4.95. The summed E-state index contributed by atoms with van der Waals surface area (Å²) in [7, 11) is 0. The van der Waals surface area contributed by atoms with E-state index in [4.69, 9.17) is 4.74 Å². The third-order valence-corrected chi connectivity index (χ3v) is 4.43. The largest absolute Gasteiger partial charge is 0.461 e. The van der Waals surface area contributed by atoms with E-state index < -0.39 is 0 Å². The molecule has 5 atom stereocenters. The second kappa shape index (κ2) is 1.70. The number of rotatable bonds is 0. The number of esters is 1. The first kappa shape index (κ1) is 6.93. The predicted molar refractivity (Wildman–Crippen MR) is 43.4 cm³/mol. The van der Waals surface area contributed by atoms with Crippen molar-refractivity contribution in [3.63, 3.8) is 0 Å². The smallest absolute Gasteiger partial charge is 0.312 e. The second-order valence-electron chi connectivity index (χ2n) is 4.95. The molecule has 3 fully saturated rings. The summed E-state index contributed by atoms with van der Waals surface area (Å²) in [6, 6.07) is 0. The van der Waals surface area contributed by atoms with Crippen LogP contribution in [0.15, 0.2) is 0 Å². The molecule has 0 N–H and O–H groups in total. The Bertz CT molecular complexity index is 261. The van der Waals surface area contributed by atoms with E-state index in [-0.39, 0.29) is 17.5 Å². The molecule has 3 unspecified atom stereocenters. The summed E-state index contributed by atoms with van der Waals surface area (Å²) in [5.41, 5.74) is -0.0954. The lowest BCUT2D eigenvalue weighted by Gasteiger charge is -2.26. The van der Waals surface area contributed by atoms with Crippen LogP contribution >= 0.6 is 0 Å². The van der Waals surface area contributed by atoms with E-state index in [1.807, 2.05) is 0 Å². The molecule has 0 aromatic carbocycles. The summed E-state index contributed by atoms with van der Waals surface area (Å²) < 4.78 is 5.42. The van der Waals surface area contributed by atoms with Gasteiger partial charge in [-0.25, -0.2) is 0 Å². The molecule has 2 bridgehead atoms. The molecule has 1 saturated heterocycles. The van der Waals surface area contributed by atoms with Crippen LogP contribution in [0.4, 0.5) is 0 Å². The predicted octanol–water partition coefficient (Wildman–Crippen LogP) is 1.59. The molecule has 0 aromatic heterocycles. The van der Waals surface area contributed by atoms with Crippen LogP contribution in [0.1, 0.15) is 26.7 Å². The number of hydrogen-bond acceptors (Lipinski definition) is 2. The van der Waals surface area contributed by atoms with E-state index in [9.17, 15) is 4.79 Å². The fraction of sp³-hybridized carbons (Fsp3) is 0.900. The quantitative estimate of drug-likeness (QED) is 0.511. The average Bonchev–Trinajstić information content (AvgIpc) is 2.53. The molecule has 2 saturated carbocycles. The molecule has 0 aromatic rings. The van der Waals surface area contributed by atoms with Gasteiger partial charge in [-0.05, 0) is 31.6 Å². The molecular formula is C10H14O2. The molecule has 1 aliphatic heterocycles. The van der Waals surface area contributed by atoms with Crippen molar-refractivity contribution >= 4 is 5.97 Å². The van der Waals surface area contributed by atoms with Crippen molar-refractivity contribution in [1.29, 1.82) is 0 Å². The van der Waals surface area contributed by atoms with Crippen molar-refractivity contribution in [3.05, 3.63) is 0 Å². The van der Waals surface area contributed by atoms with Crippen LogP contribution in [0.3, 0.4) is 0 Å². The van der Waals surface area contributed by atoms with Gasteiger partial charge < -0.3 is 4.74 Å². The molecule has 2 aliphatic carbocycles. The zero-order valence-corrected chi connectivity index (χ0v) is 7.54. The summed E-state index contributed by atoms with van der Waals surface area (Å²) in [6.07, 6.45) is 2.57. The van der Waals surface area contributed by atoms with Gasteiger partial charge in [0, 0.05) is 5.92 Å². The summed E-state index contributed by atoms with van der Waals surface area (Å²) in [5.74, 6) is 2.00. The number of fused-ring (bicyclic) bond motifs is 1. The first-order valence-electron chi connectivity index (χ1n) is 4.84. The maximum atomic E-state index is 11.5. The lowest BCUT2D eigenvalue weighted by atomic mass is 9.73. The molecule has 1 heterocycles. The highest BCUT2D eigenvalue weighted by atomic mass is 16.6. The van der Waals surface area contributed by atoms with E-state index in [2.05, 4.69) is 13.8 Å². The van der Waals surface area contributed by atoms with Crippen LogP contribution < -0.4 is 0 Å². The van der Waals surface area contributed by atoms with E-state index in [1.54, 1.807) is 0 Å². The molecule has 12 heavy (non-hydrogen) atoms. The summed E-state index contributed by atoms with van der Waals surface area (Å²) in [5, 5.41) is 0. The Hall–Kier alpha value is -0.530. The van der Waals surface area contributed by atoms with Crippen LogP contribution in [-0.4, -0.2) is 12.1 Å². The molecule has 66 valence electrons. The third-order valence-electron chi connectivity index (χ3n) is 4.43. The minimum Gasteiger partial charge on any atom is -0.461 e. The minimum atomic E-state index is -0.0954. The molecule has 2 nitrogen and oxygen atoms in total. The van der Waals surface area contributed by atoms with Gasteiger partial charge in [0.2, 0.25) is 0 Å². The van der Waals surface area contributed by atoms with Crippen LogP contribution in [0.5, 0.6) is 0 Å². The van der Waals surface area contributed by atoms with Crippen molar-refractivity contribution in [2.24, 2.45) is 23.2 Å². The topological polar surface area (TPSA) is 26.3 Å². The first-order chi connectivity index (χ1) is 5.63. The Morgan fingerprint density at radius 1 is 1.58 bits per heavy atom. The van der Waals surface area contributed by atoms with Crippen LogP contribution in [0, 0.1) is 23.2 Å². The minimum absolute atomic E-state index is 0.0735. The molecule has 3 rings (SSSR count). The fourth-order valence-corrected chi connectivity index (χ4v) is 3.58. The Labute approximate surface area is 72.3 Å². The van der Waals surface area contributed by atoms with E-state index in [0.29, 0.717) is 11.8 Å². The normalized spacial score (nSPS) is 61.0. The van der Waals surface area contributed by atoms with Crippen LogP contribution in [0.25, 0.3) is 0 Å². The van der Waals surface area contributed by atoms with E-state index in [1.165, 1.54) is 6.42 Å². The highest BCUT2D eigenvalue weighted by Crippen LogP contribution is 2.63. The van der Waals surface area contributed by atoms with E-state index >= 15 is 0 Å². The molecule has 0 radical (unpaired) electrons. The highest BCUT2D eigenvalue weighted by molar-refractivity contribution is 5.80. The highest BCUT2D eigenvalue weighted by Gasteiger charge is 2.66. The first-order valence-corrected chi connectivity index (χ1v) is 4.84. The standard InChI is InChI=1S/C10H14O2/c1-5-6-3-7-8(5)12-9(11)10(7,2)4-6/h5-8H,3-4H2,1-2H3/t5-,6?,7?,8?,10-/m0/s1. The molecule has 3 aliphatic rings. The van der Waals surface area contributed by atoms with Gasteiger partial charge in [0.05, 0.1) is 5.41 Å². The van der Waals surface area contributed by atoms with Crippen LogP contribution in [-0.2, 0) is 9.53 Å². The maximum Gasteiger partial charge on any atom is 0.312 e. The molecule has 2 heteroatoms. The number of carbonyl (C=O) groups excluding carboxylic acids is 1. The van der Waals surface area contributed by atoms with Crippen molar-refractivity contribution < 1.29 is 9.53 Å². The van der Waals surface area contributed by atoms with Gasteiger partial charge in [0.25, 0.3) is 0 Å². The van der Waals surface area contributed by atoms with Gasteiger partial charge in [-0.1, -0.05) is 6.92 Å². The average molecular weight is 166 g/mol. The van der Waals surface area contributed by atoms with Gasteiger partial charge in [0.15, 0.2) is 0 Å².